The highest BCUT2D eigenvalue weighted by molar-refractivity contribution is 7.92. The van der Waals surface area contributed by atoms with Gasteiger partial charge in [-0.05, 0) is 33.6 Å². The Hall–Kier alpha value is -0.380. The molecule has 0 aliphatic heterocycles. The molecule has 0 amide bonds. The molecule has 0 bridgehead atoms. The van der Waals surface area contributed by atoms with Gasteiger partial charge >= 0.3 is 0 Å². The van der Waals surface area contributed by atoms with Gasteiger partial charge in [0.05, 0.1) is 10.5 Å². The number of unbranched alkanes of at least 4 members (excludes halogenated alkanes) is 1. The van der Waals surface area contributed by atoms with Gasteiger partial charge in [0.15, 0.2) is 9.84 Å². The lowest BCUT2D eigenvalue weighted by molar-refractivity contribution is -0.121. The van der Waals surface area contributed by atoms with Crippen LogP contribution in [0.2, 0.25) is 0 Å². The Balaban J connectivity index is 3.98. The number of hydrogen-bond donors (Lipinski definition) is 0. The molecule has 0 N–H and O–H groups in total. The minimum Gasteiger partial charge on any atom is -0.299 e. The molecule has 0 saturated heterocycles. The van der Waals surface area contributed by atoms with Crippen LogP contribution >= 0.6 is 0 Å². The Labute approximate surface area is 99.5 Å². The highest BCUT2D eigenvalue weighted by Crippen LogP contribution is 2.17. The van der Waals surface area contributed by atoms with Gasteiger partial charge in [-0.25, -0.2) is 8.42 Å². The SMILES string of the molecule is CC(C)C(=O)CCCCS(=O)(=O)C(C)(C)C. The second kappa shape index (κ2) is 5.80. The molecule has 16 heavy (non-hydrogen) atoms. The van der Waals surface area contributed by atoms with Crippen LogP contribution in [0.15, 0.2) is 0 Å². The van der Waals surface area contributed by atoms with Gasteiger partial charge in [0, 0.05) is 12.3 Å². The van der Waals surface area contributed by atoms with Crippen LogP contribution in [0, 0.1) is 5.92 Å². The van der Waals surface area contributed by atoms with Crippen molar-refractivity contribution in [3.63, 3.8) is 0 Å². The summed E-state index contributed by atoms with van der Waals surface area (Å²) in [7, 11) is -3.03. The predicted octanol–water partition coefficient (Wildman–Crippen LogP) is 2.60. The summed E-state index contributed by atoms with van der Waals surface area (Å²) in [5, 5.41) is 0. The third kappa shape index (κ3) is 5.10. The van der Waals surface area contributed by atoms with Crippen LogP contribution in [-0.2, 0) is 14.6 Å². The van der Waals surface area contributed by atoms with E-state index in [0.717, 1.165) is 0 Å². The number of carbonyl (C=O) groups is 1. The smallest absolute Gasteiger partial charge is 0.155 e. The summed E-state index contributed by atoms with van der Waals surface area (Å²) in [4.78, 5) is 11.3. The molecule has 0 spiro atoms. The van der Waals surface area contributed by atoms with E-state index in [-0.39, 0.29) is 17.5 Å². The fourth-order valence-electron chi connectivity index (χ4n) is 1.19. The molecule has 3 nitrogen and oxygen atoms in total. The van der Waals surface area contributed by atoms with Gasteiger partial charge < -0.3 is 0 Å². The maximum absolute atomic E-state index is 11.7. The van der Waals surface area contributed by atoms with Crippen LogP contribution in [0.5, 0.6) is 0 Å². The summed E-state index contributed by atoms with van der Waals surface area (Å²) in [5.41, 5.74) is 0. The molecule has 0 aliphatic carbocycles. The van der Waals surface area contributed by atoms with Gasteiger partial charge in [-0.15, -0.1) is 0 Å². The first-order valence-corrected chi connectivity index (χ1v) is 7.48. The molecule has 0 fully saturated rings. The van der Waals surface area contributed by atoms with E-state index in [2.05, 4.69) is 0 Å². The van der Waals surface area contributed by atoms with Crippen molar-refractivity contribution in [2.75, 3.05) is 5.75 Å². The van der Waals surface area contributed by atoms with Gasteiger partial charge in [0.1, 0.15) is 5.78 Å². The van der Waals surface area contributed by atoms with Crippen molar-refractivity contribution in [1.29, 1.82) is 0 Å². The zero-order valence-corrected chi connectivity index (χ0v) is 11.9. The minimum absolute atomic E-state index is 0.0548. The van der Waals surface area contributed by atoms with Crippen LogP contribution in [0.1, 0.15) is 53.9 Å². The second-order valence-electron chi connectivity index (χ2n) is 5.51. The number of ketones is 1. The van der Waals surface area contributed by atoms with E-state index in [0.29, 0.717) is 19.3 Å². The van der Waals surface area contributed by atoms with Crippen molar-refractivity contribution < 1.29 is 13.2 Å². The van der Waals surface area contributed by atoms with Crippen molar-refractivity contribution in [3.8, 4) is 0 Å². The number of rotatable bonds is 6. The minimum atomic E-state index is -3.03. The molecule has 0 radical (unpaired) electrons. The first-order valence-electron chi connectivity index (χ1n) is 5.83. The first kappa shape index (κ1) is 15.6. The van der Waals surface area contributed by atoms with E-state index in [1.54, 1.807) is 20.8 Å². The van der Waals surface area contributed by atoms with Gasteiger partial charge in [-0.2, -0.15) is 0 Å². The zero-order valence-electron chi connectivity index (χ0n) is 11.0. The topological polar surface area (TPSA) is 51.2 Å². The average Bonchev–Trinajstić information content (AvgIpc) is 2.09. The van der Waals surface area contributed by atoms with Crippen LogP contribution in [-0.4, -0.2) is 24.7 Å². The summed E-state index contributed by atoms with van der Waals surface area (Å²) in [6.45, 7) is 8.87. The van der Waals surface area contributed by atoms with Gasteiger partial charge in [-0.3, -0.25) is 4.79 Å². The normalized spacial score (nSPS) is 13.1. The van der Waals surface area contributed by atoms with Crippen LogP contribution in [0.3, 0.4) is 0 Å². The van der Waals surface area contributed by atoms with Crippen molar-refractivity contribution in [2.24, 2.45) is 5.92 Å². The molecular weight excluding hydrogens is 224 g/mol. The standard InChI is InChI=1S/C12H24O3S/c1-10(2)11(13)8-6-7-9-16(14,15)12(3,4)5/h10H,6-9H2,1-5H3. The molecule has 0 rings (SSSR count). The van der Waals surface area contributed by atoms with Gasteiger partial charge in [0.25, 0.3) is 0 Å². The molecule has 96 valence electrons. The molecule has 0 heterocycles. The zero-order chi connectivity index (χ0) is 13.0. The lowest BCUT2D eigenvalue weighted by atomic mass is 10.0. The molecular formula is C12H24O3S. The van der Waals surface area contributed by atoms with E-state index < -0.39 is 14.6 Å². The Morgan fingerprint density at radius 1 is 1.12 bits per heavy atom. The predicted molar refractivity (Wildman–Crippen MR) is 67.2 cm³/mol. The summed E-state index contributed by atoms with van der Waals surface area (Å²) in [5.74, 6) is 0.453. The lowest BCUT2D eigenvalue weighted by Crippen LogP contribution is -2.30. The average molecular weight is 248 g/mol. The van der Waals surface area contributed by atoms with E-state index in [1.807, 2.05) is 13.8 Å². The fraction of sp³-hybridized carbons (Fsp3) is 0.917. The van der Waals surface area contributed by atoms with E-state index in [9.17, 15) is 13.2 Å². The number of Topliss-reactive ketones (excluding diaryl/α,β-unsaturated/α-hetero) is 1. The third-order valence-corrected chi connectivity index (χ3v) is 5.36. The van der Waals surface area contributed by atoms with Gasteiger partial charge in [0.2, 0.25) is 0 Å². The quantitative estimate of drug-likeness (QED) is 0.679. The van der Waals surface area contributed by atoms with E-state index in [1.165, 1.54) is 0 Å². The number of hydrogen-bond acceptors (Lipinski definition) is 3. The van der Waals surface area contributed by atoms with Crippen molar-refractivity contribution in [3.05, 3.63) is 0 Å². The van der Waals surface area contributed by atoms with Crippen LogP contribution < -0.4 is 0 Å². The largest absolute Gasteiger partial charge is 0.299 e. The molecule has 0 aromatic carbocycles. The number of carbonyl (C=O) groups excluding carboxylic acids is 1. The highest BCUT2D eigenvalue weighted by Gasteiger charge is 2.28. The van der Waals surface area contributed by atoms with E-state index >= 15 is 0 Å². The first-order chi connectivity index (χ1) is 7.08. The number of sulfone groups is 1. The summed E-state index contributed by atoms with van der Waals surface area (Å²) in [6.07, 6.45) is 1.75. The maximum Gasteiger partial charge on any atom is 0.155 e. The van der Waals surface area contributed by atoms with Crippen molar-refractivity contribution in [1.82, 2.24) is 0 Å². The lowest BCUT2D eigenvalue weighted by Gasteiger charge is -2.18. The molecule has 4 heteroatoms. The van der Waals surface area contributed by atoms with Crippen molar-refractivity contribution in [2.45, 2.75) is 58.6 Å². The van der Waals surface area contributed by atoms with Crippen LogP contribution in [0.4, 0.5) is 0 Å². The van der Waals surface area contributed by atoms with Gasteiger partial charge in [-0.1, -0.05) is 13.8 Å². The molecule has 0 atom stereocenters. The molecule has 0 aromatic heterocycles. The monoisotopic (exact) mass is 248 g/mol. The maximum atomic E-state index is 11.7. The van der Waals surface area contributed by atoms with Crippen LogP contribution in [0.25, 0.3) is 0 Å². The Bertz CT molecular complexity index is 321. The fourth-order valence-corrected chi connectivity index (χ4v) is 2.38. The summed E-state index contributed by atoms with van der Waals surface area (Å²) >= 11 is 0. The Kier molecular flexibility index (Phi) is 5.66. The molecule has 0 unspecified atom stereocenters. The summed E-state index contributed by atoms with van der Waals surface area (Å²) in [6, 6.07) is 0. The highest BCUT2D eigenvalue weighted by atomic mass is 32.2. The molecule has 0 aromatic rings. The second-order valence-corrected chi connectivity index (χ2v) is 8.37. The van der Waals surface area contributed by atoms with E-state index in [4.69, 9.17) is 0 Å². The van der Waals surface area contributed by atoms with Crippen molar-refractivity contribution >= 4 is 15.6 Å². The summed E-state index contributed by atoms with van der Waals surface area (Å²) < 4.78 is 22.8. The Morgan fingerprint density at radius 2 is 1.62 bits per heavy atom. The Morgan fingerprint density at radius 3 is 2.00 bits per heavy atom. The molecule has 0 aliphatic rings. The molecule has 0 saturated carbocycles. The third-order valence-electron chi connectivity index (χ3n) is 2.66.